The standard InChI is InChI=1S/C24H23N3O4S/c25-13-18-17-9-5-2-6-10-20(17)32-24(18)27-21(28)15-30-23(29)12-11-22-26-14-19(31-22)16-7-3-1-4-8-16/h1,3-4,7-8,14H,2,5-6,9-12,15H2,(H,27,28). The van der Waals surface area contributed by atoms with Gasteiger partial charge in [0.15, 0.2) is 18.3 Å². The molecule has 0 saturated heterocycles. The lowest BCUT2D eigenvalue weighted by atomic mass is 10.1. The summed E-state index contributed by atoms with van der Waals surface area (Å²) in [6.45, 7) is -0.396. The maximum Gasteiger partial charge on any atom is 0.306 e. The molecule has 4 rings (SSSR count). The van der Waals surface area contributed by atoms with Crippen LogP contribution in [0.3, 0.4) is 0 Å². The molecule has 8 heteroatoms. The number of anilines is 1. The highest BCUT2D eigenvalue weighted by atomic mass is 32.1. The predicted molar refractivity (Wildman–Crippen MR) is 120 cm³/mol. The summed E-state index contributed by atoms with van der Waals surface area (Å²) >= 11 is 1.45. The van der Waals surface area contributed by atoms with E-state index in [0.717, 1.165) is 43.2 Å². The highest BCUT2D eigenvalue weighted by molar-refractivity contribution is 7.16. The van der Waals surface area contributed by atoms with Crippen LogP contribution in [-0.2, 0) is 33.6 Å². The third kappa shape index (κ3) is 5.24. The third-order valence-electron chi connectivity index (χ3n) is 5.31. The number of hydrogen-bond donors (Lipinski definition) is 1. The van der Waals surface area contributed by atoms with Crippen molar-refractivity contribution in [2.75, 3.05) is 11.9 Å². The van der Waals surface area contributed by atoms with E-state index in [0.29, 0.717) is 22.2 Å². The van der Waals surface area contributed by atoms with Crippen molar-refractivity contribution < 1.29 is 18.7 Å². The molecule has 0 atom stereocenters. The average Bonchev–Trinajstić information content (AvgIpc) is 3.34. The van der Waals surface area contributed by atoms with Gasteiger partial charge in [0.05, 0.1) is 18.2 Å². The Kier molecular flexibility index (Phi) is 6.97. The third-order valence-corrected chi connectivity index (χ3v) is 6.51. The van der Waals surface area contributed by atoms with Crippen molar-refractivity contribution in [3.8, 4) is 17.4 Å². The second-order valence-electron chi connectivity index (χ2n) is 7.57. The molecule has 0 fully saturated rings. The van der Waals surface area contributed by atoms with Gasteiger partial charge in [0.25, 0.3) is 5.91 Å². The molecule has 0 radical (unpaired) electrons. The molecule has 0 unspecified atom stereocenters. The lowest BCUT2D eigenvalue weighted by molar-refractivity contribution is -0.147. The van der Waals surface area contributed by atoms with Crippen LogP contribution < -0.4 is 5.32 Å². The largest absolute Gasteiger partial charge is 0.456 e. The second-order valence-corrected chi connectivity index (χ2v) is 8.68. The number of carbonyl (C=O) groups excluding carboxylic acids is 2. The van der Waals surface area contributed by atoms with E-state index in [1.807, 2.05) is 30.3 Å². The first kappa shape index (κ1) is 21.8. The molecule has 0 aliphatic heterocycles. The lowest BCUT2D eigenvalue weighted by Crippen LogP contribution is -2.21. The number of fused-ring (bicyclic) bond motifs is 1. The number of carbonyl (C=O) groups is 2. The molecule has 1 aliphatic rings. The molecule has 1 N–H and O–H groups in total. The normalized spacial score (nSPS) is 13.0. The number of hydrogen-bond acceptors (Lipinski definition) is 7. The van der Waals surface area contributed by atoms with Gasteiger partial charge in [-0.1, -0.05) is 36.8 Å². The zero-order valence-corrected chi connectivity index (χ0v) is 18.4. The highest BCUT2D eigenvalue weighted by Gasteiger charge is 2.21. The van der Waals surface area contributed by atoms with Crippen LogP contribution in [0.5, 0.6) is 0 Å². The number of benzene rings is 1. The minimum Gasteiger partial charge on any atom is -0.456 e. The monoisotopic (exact) mass is 449 g/mol. The maximum absolute atomic E-state index is 12.3. The van der Waals surface area contributed by atoms with Crippen molar-refractivity contribution >= 4 is 28.2 Å². The molecular weight excluding hydrogens is 426 g/mol. The number of amides is 1. The van der Waals surface area contributed by atoms with E-state index in [1.165, 1.54) is 16.2 Å². The van der Waals surface area contributed by atoms with E-state index in [4.69, 9.17) is 9.15 Å². The van der Waals surface area contributed by atoms with Crippen molar-refractivity contribution in [2.24, 2.45) is 0 Å². The van der Waals surface area contributed by atoms with E-state index in [9.17, 15) is 14.9 Å². The van der Waals surface area contributed by atoms with Gasteiger partial charge in [-0.15, -0.1) is 11.3 Å². The van der Waals surface area contributed by atoms with Crippen molar-refractivity contribution in [3.05, 3.63) is 58.4 Å². The van der Waals surface area contributed by atoms with Crippen molar-refractivity contribution in [3.63, 3.8) is 0 Å². The first-order valence-electron chi connectivity index (χ1n) is 10.6. The molecule has 1 amide bonds. The first-order valence-corrected chi connectivity index (χ1v) is 11.5. The fraction of sp³-hybridized carbons (Fsp3) is 0.333. The Morgan fingerprint density at radius 3 is 2.81 bits per heavy atom. The van der Waals surface area contributed by atoms with E-state index >= 15 is 0 Å². The number of aryl methyl sites for hydroxylation is 2. The molecule has 3 aromatic rings. The van der Waals surface area contributed by atoms with E-state index in [2.05, 4.69) is 16.4 Å². The summed E-state index contributed by atoms with van der Waals surface area (Å²) in [5.74, 6) is 0.107. The number of ether oxygens (including phenoxy) is 1. The number of oxazole rings is 1. The average molecular weight is 450 g/mol. The minimum absolute atomic E-state index is 0.0543. The Morgan fingerprint density at radius 1 is 1.19 bits per heavy atom. The van der Waals surface area contributed by atoms with E-state index < -0.39 is 18.5 Å². The van der Waals surface area contributed by atoms with Crippen LogP contribution in [0.25, 0.3) is 11.3 Å². The molecule has 164 valence electrons. The molecule has 2 aromatic heterocycles. The number of nitrogens with one attached hydrogen (secondary N) is 1. The SMILES string of the molecule is N#Cc1c(NC(=O)COC(=O)CCc2ncc(-c3ccccc3)o2)sc2c1CCCCC2. The summed E-state index contributed by atoms with van der Waals surface area (Å²) in [7, 11) is 0. The lowest BCUT2D eigenvalue weighted by Gasteiger charge is -2.05. The summed E-state index contributed by atoms with van der Waals surface area (Å²) in [6, 6.07) is 11.8. The van der Waals surface area contributed by atoms with Gasteiger partial charge in [-0.05, 0) is 31.2 Å². The number of rotatable bonds is 7. The quantitative estimate of drug-likeness (QED) is 0.415. The second kappa shape index (κ2) is 10.2. The molecule has 0 bridgehead atoms. The zero-order chi connectivity index (χ0) is 22.3. The highest BCUT2D eigenvalue weighted by Crippen LogP contribution is 2.36. The molecule has 2 heterocycles. The van der Waals surface area contributed by atoms with Crippen LogP contribution in [0.2, 0.25) is 0 Å². The van der Waals surface area contributed by atoms with Crippen molar-refractivity contribution in [2.45, 2.75) is 44.9 Å². The fourth-order valence-electron chi connectivity index (χ4n) is 3.70. The molecule has 7 nitrogen and oxygen atoms in total. The first-order chi connectivity index (χ1) is 15.6. The van der Waals surface area contributed by atoms with Gasteiger partial charge >= 0.3 is 5.97 Å². The number of aromatic nitrogens is 1. The van der Waals surface area contributed by atoms with E-state index in [1.54, 1.807) is 6.20 Å². The Balaban J connectivity index is 1.26. The molecule has 0 saturated carbocycles. The maximum atomic E-state index is 12.3. The number of thiophene rings is 1. The summed E-state index contributed by atoms with van der Waals surface area (Å²) in [4.78, 5) is 29.7. The van der Waals surface area contributed by atoms with E-state index in [-0.39, 0.29) is 12.8 Å². The summed E-state index contributed by atoms with van der Waals surface area (Å²) in [6.07, 6.45) is 7.08. The van der Waals surface area contributed by atoms with Gasteiger partial charge in [0.1, 0.15) is 11.1 Å². The van der Waals surface area contributed by atoms with Crippen LogP contribution in [0.1, 0.15) is 47.6 Å². The number of nitrogens with zero attached hydrogens (tertiary/aromatic N) is 2. The molecule has 0 spiro atoms. The Hall–Kier alpha value is -3.44. The van der Waals surface area contributed by atoms with Crippen molar-refractivity contribution in [1.29, 1.82) is 5.26 Å². The zero-order valence-electron chi connectivity index (χ0n) is 17.6. The minimum atomic E-state index is -0.512. The fourth-order valence-corrected chi connectivity index (χ4v) is 4.96. The van der Waals surface area contributed by atoms with Crippen LogP contribution in [-0.4, -0.2) is 23.5 Å². The van der Waals surface area contributed by atoms with Crippen molar-refractivity contribution in [1.82, 2.24) is 4.98 Å². The molecule has 1 aromatic carbocycles. The Labute approximate surface area is 190 Å². The number of nitriles is 1. The molecule has 1 aliphatic carbocycles. The van der Waals surface area contributed by atoms with Crippen LogP contribution in [0.15, 0.2) is 40.9 Å². The van der Waals surface area contributed by atoms with Crippen LogP contribution >= 0.6 is 11.3 Å². The van der Waals surface area contributed by atoms with Gasteiger partial charge in [-0.2, -0.15) is 5.26 Å². The summed E-state index contributed by atoms with van der Waals surface area (Å²) in [5, 5.41) is 12.8. The number of esters is 1. The summed E-state index contributed by atoms with van der Waals surface area (Å²) in [5.41, 5.74) is 2.51. The topological polar surface area (TPSA) is 105 Å². The molecule has 32 heavy (non-hydrogen) atoms. The summed E-state index contributed by atoms with van der Waals surface area (Å²) < 4.78 is 10.8. The van der Waals surface area contributed by atoms with Gasteiger partial charge in [-0.3, -0.25) is 9.59 Å². The van der Waals surface area contributed by atoms with Gasteiger partial charge in [0.2, 0.25) is 0 Å². The van der Waals surface area contributed by atoms with Crippen LogP contribution in [0.4, 0.5) is 5.00 Å². The smallest absolute Gasteiger partial charge is 0.306 e. The predicted octanol–water partition coefficient (Wildman–Crippen LogP) is 4.66. The molecular formula is C24H23N3O4S. The van der Waals surface area contributed by atoms with Gasteiger partial charge in [0, 0.05) is 16.9 Å². The Bertz CT molecular complexity index is 1140. The Morgan fingerprint density at radius 2 is 2.00 bits per heavy atom. The van der Waals surface area contributed by atoms with Gasteiger partial charge in [-0.25, -0.2) is 4.98 Å². The van der Waals surface area contributed by atoms with Gasteiger partial charge < -0.3 is 14.5 Å². The van der Waals surface area contributed by atoms with Crippen LogP contribution in [0, 0.1) is 11.3 Å².